The highest BCUT2D eigenvalue weighted by Crippen LogP contribution is 2.40. The Morgan fingerprint density at radius 1 is 0.857 bits per heavy atom. The third-order valence-corrected chi connectivity index (χ3v) is 9.18. The van der Waals surface area contributed by atoms with E-state index in [-0.39, 0.29) is 30.2 Å². The number of aryl methyl sites for hydroxylation is 1. The molecule has 0 bridgehead atoms. The lowest BCUT2D eigenvalue weighted by molar-refractivity contribution is 0.0550. The molecule has 0 aliphatic carbocycles. The number of amides is 3. The monoisotopic (exact) mass is 672 g/mol. The maximum Gasteiger partial charge on any atom is 0.416 e. The quantitative estimate of drug-likeness (QED) is 0.277. The van der Waals surface area contributed by atoms with E-state index in [4.69, 9.17) is 18.9 Å². The molecule has 4 aliphatic rings. The summed E-state index contributed by atoms with van der Waals surface area (Å²) >= 11 is 0. The van der Waals surface area contributed by atoms with Gasteiger partial charge in [0, 0.05) is 30.7 Å². The van der Waals surface area contributed by atoms with Crippen molar-refractivity contribution in [1.82, 2.24) is 9.80 Å². The summed E-state index contributed by atoms with van der Waals surface area (Å²) in [6.45, 7) is 8.68. The minimum Gasteiger partial charge on any atom is -0.493 e. The van der Waals surface area contributed by atoms with Gasteiger partial charge in [0.25, 0.3) is 11.8 Å². The molecule has 4 heterocycles. The van der Waals surface area contributed by atoms with Crippen LogP contribution in [0.3, 0.4) is 0 Å². The predicted molar refractivity (Wildman–Crippen MR) is 184 cm³/mol. The van der Waals surface area contributed by atoms with Crippen molar-refractivity contribution in [2.24, 2.45) is 4.99 Å². The third-order valence-electron chi connectivity index (χ3n) is 9.18. The minimum atomic E-state index is -1.29. The Balaban J connectivity index is 1.07. The number of hydrogen-bond donors (Lipinski definition) is 1. The van der Waals surface area contributed by atoms with Crippen LogP contribution in [-0.2, 0) is 4.74 Å². The Morgan fingerprint density at radius 3 is 2.29 bits per heavy atom. The van der Waals surface area contributed by atoms with Crippen LogP contribution < -0.4 is 19.1 Å². The van der Waals surface area contributed by atoms with Gasteiger partial charge in [-0.15, -0.1) is 0 Å². The van der Waals surface area contributed by atoms with Gasteiger partial charge in [-0.25, -0.2) is 9.69 Å². The first-order valence-corrected chi connectivity index (χ1v) is 16.9. The van der Waals surface area contributed by atoms with Crippen LogP contribution >= 0.6 is 0 Å². The Labute approximate surface area is 286 Å². The molecule has 0 aromatic heterocycles. The van der Waals surface area contributed by atoms with Crippen LogP contribution in [0.2, 0.25) is 0 Å². The van der Waals surface area contributed by atoms with Crippen LogP contribution in [0, 0.1) is 6.92 Å². The summed E-state index contributed by atoms with van der Waals surface area (Å²) in [6, 6.07) is 6.13. The average molecular weight is 673 g/mol. The van der Waals surface area contributed by atoms with E-state index < -0.39 is 18.4 Å². The van der Waals surface area contributed by atoms with Crippen molar-refractivity contribution >= 4 is 35.5 Å². The van der Waals surface area contributed by atoms with Crippen molar-refractivity contribution in [2.45, 2.75) is 84.5 Å². The van der Waals surface area contributed by atoms with Crippen LogP contribution in [0.25, 0.3) is 0 Å². The number of hydrogen-bond acceptors (Lipinski definition) is 9. The Morgan fingerprint density at radius 2 is 1.55 bits per heavy atom. The number of rotatable bonds is 11. The number of carbonyl (C=O) groups excluding carboxylic acids is 3. The van der Waals surface area contributed by atoms with Gasteiger partial charge in [-0.05, 0) is 77.0 Å². The summed E-state index contributed by atoms with van der Waals surface area (Å²) < 4.78 is 23.2. The SMILES string of the molecule is CCCOC(=O)N1c2cc(OCCCCCOc3cc4c(cc3OC)C(=O)N3C=C(C)C[C@H]3C=N4)c(C)cc2C(=O)N2C=C(C)C[C@H]2C1O. The van der Waals surface area contributed by atoms with Crippen molar-refractivity contribution in [3.8, 4) is 17.2 Å². The molecule has 12 nitrogen and oxygen atoms in total. The molecule has 1 N–H and O–H groups in total. The lowest BCUT2D eigenvalue weighted by Gasteiger charge is -2.31. The zero-order valence-electron chi connectivity index (χ0n) is 28.7. The molecule has 6 rings (SSSR count). The number of ether oxygens (including phenoxy) is 4. The summed E-state index contributed by atoms with van der Waals surface area (Å²) in [7, 11) is 1.55. The minimum absolute atomic E-state index is 0.0816. The van der Waals surface area contributed by atoms with Gasteiger partial charge in [0.05, 0.1) is 61.5 Å². The fourth-order valence-corrected chi connectivity index (χ4v) is 6.69. The molecule has 2 aromatic carbocycles. The molecule has 0 fully saturated rings. The average Bonchev–Trinajstić information content (AvgIpc) is 3.62. The van der Waals surface area contributed by atoms with E-state index in [9.17, 15) is 19.5 Å². The van der Waals surface area contributed by atoms with Crippen LogP contribution in [-0.4, -0.2) is 84.3 Å². The first-order chi connectivity index (χ1) is 23.6. The second-order valence-electron chi connectivity index (χ2n) is 13.0. The van der Waals surface area contributed by atoms with E-state index in [0.717, 1.165) is 42.4 Å². The summed E-state index contributed by atoms with van der Waals surface area (Å²) in [4.78, 5) is 49.1. The Hall–Kier alpha value is -4.84. The van der Waals surface area contributed by atoms with Gasteiger partial charge in [-0.3, -0.25) is 14.6 Å². The molecule has 0 saturated carbocycles. The van der Waals surface area contributed by atoms with Crippen LogP contribution in [0.1, 0.15) is 85.6 Å². The van der Waals surface area contributed by atoms with E-state index >= 15 is 0 Å². The second kappa shape index (κ2) is 14.3. The van der Waals surface area contributed by atoms with Crippen molar-refractivity contribution in [3.05, 3.63) is 64.5 Å². The zero-order chi connectivity index (χ0) is 34.8. The smallest absolute Gasteiger partial charge is 0.416 e. The Kier molecular flexibility index (Phi) is 9.96. The molecular weight excluding hydrogens is 628 g/mol. The van der Waals surface area contributed by atoms with Crippen molar-refractivity contribution in [2.75, 3.05) is 31.8 Å². The van der Waals surface area contributed by atoms with Gasteiger partial charge in [-0.1, -0.05) is 18.1 Å². The number of anilines is 1. The number of unbranched alkanes of at least 4 members (excludes halogenated alkanes) is 2. The van der Waals surface area contributed by atoms with E-state index in [1.54, 1.807) is 42.5 Å². The van der Waals surface area contributed by atoms with Gasteiger partial charge >= 0.3 is 6.09 Å². The standard InChI is InChI=1S/C37H44N4O8/c1-6-10-49-37(45)41-29-18-31(24(4)15-27(29)35(43)40-21-23(3)14-30(40)36(41)44)47-11-8-7-9-12-48-33-17-28-26(16-32(33)46-5)34(42)39-20-22(2)13-25(39)19-38-28/h15-21,25,30,36,44H,6-14H2,1-5H3/t25-,30-,36?/m0/s1. The number of benzene rings is 2. The molecule has 260 valence electrons. The number of aliphatic hydroxyl groups excluding tert-OH is 1. The van der Waals surface area contributed by atoms with Gasteiger partial charge in [-0.2, -0.15) is 0 Å². The topological polar surface area (TPSA) is 130 Å². The maximum absolute atomic E-state index is 13.6. The molecule has 49 heavy (non-hydrogen) atoms. The number of aliphatic imine (C=N–C) groups is 1. The highest BCUT2D eigenvalue weighted by molar-refractivity contribution is 6.06. The van der Waals surface area contributed by atoms with E-state index in [1.165, 1.54) is 9.80 Å². The molecular formula is C37H44N4O8. The second-order valence-corrected chi connectivity index (χ2v) is 13.0. The summed E-state index contributed by atoms with van der Waals surface area (Å²) in [5.41, 5.74) is 4.43. The fourth-order valence-electron chi connectivity index (χ4n) is 6.69. The first kappa shape index (κ1) is 34.0. The van der Waals surface area contributed by atoms with Gasteiger partial charge in [0.1, 0.15) is 5.75 Å². The zero-order valence-corrected chi connectivity index (χ0v) is 28.7. The predicted octanol–water partition coefficient (Wildman–Crippen LogP) is 6.27. The number of aliphatic hydroxyl groups is 1. The molecule has 2 aromatic rings. The number of fused-ring (bicyclic) bond motifs is 4. The summed E-state index contributed by atoms with van der Waals surface area (Å²) in [6.07, 6.45) is 7.57. The van der Waals surface area contributed by atoms with E-state index in [0.29, 0.717) is 60.1 Å². The maximum atomic E-state index is 13.6. The number of nitrogens with zero attached hydrogens (tertiary/aromatic N) is 4. The van der Waals surface area contributed by atoms with Crippen molar-refractivity contribution in [1.29, 1.82) is 0 Å². The normalized spacial score (nSPS) is 20.9. The highest BCUT2D eigenvalue weighted by Gasteiger charge is 2.44. The van der Waals surface area contributed by atoms with Crippen LogP contribution in [0.15, 0.2) is 52.8 Å². The molecule has 1 unspecified atom stereocenters. The van der Waals surface area contributed by atoms with E-state index in [1.807, 2.05) is 40.1 Å². The first-order valence-electron chi connectivity index (χ1n) is 16.9. The van der Waals surface area contributed by atoms with Crippen LogP contribution in [0.4, 0.5) is 16.2 Å². The van der Waals surface area contributed by atoms with Gasteiger partial charge < -0.3 is 33.9 Å². The summed E-state index contributed by atoms with van der Waals surface area (Å²) in [5, 5.41) is 11.4. The molecule has 3 amide bonds. The van der Waals surface area contributed by atoms with Crippen molar-refractivity contribution < 1.29 is 38.4 Å². The number of carbonyl (C=O) groups is 3. The molecule has 0 spiro atoms. The largest absolute Gasteiger partial charge is 0.493 e. The lowest BCUT2D eigenvalue weighted by Crippen LogP contribution is -2.50. The van der Waals surface area contributed by atoms with Crippen molar-refractivity contribution in [3.63, 3.8) is 0 Å². The summed E-state index contributed by atoms with van der Waals surface area (Å²) in [5.74, 6) is 1.14. The van der Waals surface area contributed by atoms with Gasteiger partial charge in [0.15, 0.2) is 17.7 Å². The van der Waals surface area contributed by atoms with Crippen LogP contribution in [0.5, 0.6) is 17.2 Å². The number of methoxy groups -OCH3 is 1. The Bertz CT molecular complexity index is 1730. The molecule has 3 atom stereocenters. The molecule has 12 heteroatoms. The molecule has 0 radical (unpaired) electrons. The highest BCUT2D eigenvalue weighted by atomic mass is 16.6. The molecule has 0 saturated heterocycles. The fraction of sp³-hybridized carbons (Fsp3) is 0.459. The third kappa shape index (κ3) is 6.74. The lowest BCUT2D eigenvalue weighted by atomic mass is 10.1. The molecule has 4 aliphatic heterocycles. The van der Waals surface area contributed by atoms with Gasteiger partial charge in [0.2, 0.25) is 0 Å². The van der Waals surface area contributed by atoms with E-state index in [2.05, 4.69) is 4.99 Å².